The molecule has 9 heteroatoms. The van der Waals surface area contributed by atoms with Crippen molar-refractivity contribution in [3.8, 4) is 5.69 Å². The Morgan fingerprint density at radius 1 is 0.938 bits per heavy atom. The van der Waals surface area contributed by atoms with E-state index >= 15 is 0 Å². The number of rotatable bonds is 4. The lowest BCUT2D eigenvalue weighted by Crippen LogP contribution is -2.48. The summed E-state index contributed by atoms with van der Waals surface area (Å²) in [5, 5.41) is 9.25. The maximum absolute atomic E-state index is 12.6. The third-order valence-electron chi connectivity index (χ3n) is 5.40. The van der Waals surface area contributed by atoms with Crippen LogP contribution in [-0.4, -0.2) is 61.9 Å². The number of amides is 1. The van der Waals surface area contributed by atoms with Crippen molar-refractivity contribution in [2.24, 2.45) is 0 Å². The summed E-state index contributed by atoms with van der Waals surface area (Å²) < 4.78 is 1.67. The molecule has 0 N–H and O–H groups in total. The Balaban J connectivity index is 1.30. The molecule has 4 aromatic rings. The Morgan fingerprint density at radius 2 is 1.69 bits per heavy atom. The summed E-state index contributed by atoms with van der Waals surface area (Å²) in [6, 6.07) is 17.1. The Hall–Kier alpha value is -3.78. The van der Waals surface area contributed by atoms with Gasteiger partial charge in [-0.05, 0) is 35.9 Å². The minimum absolute atomic E-state index is 0.00928. The molecule has 2 aromatic heterocycles. The predicted molar refractivity (Wildman–Crippen MR) is 124 cm³/mol. The van der Waals surface area contributed by atoms with Gasteiger partial charge in [0.2, 0.25) is 5.91 Å². The minimum Gasteiger partial charge on any atom is -0.351 e. The molecule has 5 rings (SSSR count). The Labute approximate surface area is 189 Å². The third kappa shape index (κ3) is 4.04. The summed E-state index contributed by atoms with van der Waals surface area (Å²) in [5.74, 6) is 0.733. The van der Waals surface area contributed by atoms with Gasteiger partial charge in [0, 0.05) is 37.3 Å². The van der Waals surface area contributed by atoms with Crippen molar-refractivity contribution in [1.29, 1.82) is 0 Å². The Kier molecular flexibility index (Phi) is 5.51. The molecule has 0 atom stereocenters. The van der Waals surface area contributed by atoms with E-state index in [1.54, 1.807) is 22.9 Å². The molecule has 0 unspecified atom stereocenters. The zero-order chi connectivity index (χ0) is 21.9. The molecule has 0 spiro atoms. The van der Waals surface area contributed by atoms with Crippen LogP contribution in [0.25, 0.3) is 22.9 Å². The number of carbonyl (C=O) groups excluding carboxylic acids is 1. The second kappa shape index (κ2) is 8.76. The smallest absolute Gasteiger partial charge is 0.246 e. The highest BCUT2D eigenvalue weighted by Crippen LogP contribution is 2.24. The van der Waals surface area contributed by atoms with Crippen LogP contribution in [0.15, 0.2) is 67.0 Å². The van der Waals surface area contributed by atoms with Gasteiger partial charge >= 0.3 is 0 Å². The summed E-state index contributed by atoms with van der Waals surface area (Å²) >= 11 is 5.99. The van der Waals surface area contributed by atoms with Crippen LogP contribution in [-0.2, 0) is 4.79 Å². The van der Waals surface area contributed by atoms with E-state index in [9.17, 15) is 4.79 Å². The molecule has 1 saturated heterocycles. The van der Waals surface area contributed by atoms with Crippen LogP contribution in [0.1, 0.15) is 5.56 Å². The van der Waals surface area contributed by atoms with Gasteiger partial charge < -0.3 is 9.80 Å². The summed E-state index contributed by atoms with van der Waals surface area (Å²) in [7, 11) is 0. The lowest BCUT2D eigenvalue weighted by Gasteiger charge is -2.34. The first-order valence-electron chi connectivity index (χ1n) is 10.3. The van der Waals surface area contributed by atoms with E-state index in [0.29, 0.717) is 42.4 Å². The van der Waals surface area contributed by atoms with E-state index in [0.717, 1.165) is 17.1 Å². The van der Waals surface area contributed by atoms with Crippen molar-refractivity contribution >= 4 is 40.6 Å². The van der Waals surface area contributed by atoms with Crippen molar-refractivity contribution in [3.63, 3.8) is 0 Å². The molecular formula is C23H20ClN7O. The Morgan fingerprint density at radius 3 is 2.44 bits per heavy atom. The molecule has 2 aromatic carbocycles. The van der Waals surface area contributed by atoms with Gasteiger partial charge in [0.1, 0.15) is 6.33 Å². The topological polar surface area (TPSA) is 80.0 Å². The van der Waals surface area contributed by atoms with Crippen LogP contribution in [0.3, 0.4) is 0 Å². The standard InChI is InChI=1S/C23H20ClN7O/c24-18-7-9-19(10-8-18)31-23-21(27-28-31)22(25-16-26-23)30-14-12-29(13-15-30)20(32)11-6-17-4-2-1-3-5-17/h1-11,16H,12-15H2/b11-6-. The number of hydrogen-bond acceptors (Lipinski definition) is 6. The molecular weight excluding hydrogens is 426 g/mol. The fourth-order valence-corrected chi connectivity index (χ4v) is 3.83. The second-order valence-corrected chi connectivity index (χ2v) is 7.84. The largest absolute Gasteiger partial charge is 0.351 e. The van der Waals surface area contributed by atoms with E-state index in [2.05, 4.69) is 25.2 Å². The summed E-state index contributed by atoms with van der Waals surface area (Å²) in [6.07, 6.45) is 5.00. The molecule has 1 fully saturated rings. The summed E-state index contributed by atoms with van der Waals surface area (Å²) in [4.78, 5) is 25.4. The predicted octanol–water partition coefficient (Wildman–Crippen LogP) is 3.23. The number of piperazine rings is 1. The van der Waals surface area contributed by atoms with Gasteiger partial charge in [-0.1, -0.05) is 47.1 Å². The average Bonchev–Trinajstić information content (AvgIpc) is 3.28. The van der Waals surface area contributed by atoms with E-state index in [4.69, 9.17) is 11.6 Å². The molecule has 32 heavy (non-hydrogen) atoms. The molecule has 0 saturated carbocycles. The van der Waals surface area contributed by atoms with Crippen molar-refractivity contribution in [2.75, 3.05) is 31.1 Å². The lowest BCUT2D eigenvalue weighted by molar-refractivity contribution is -0.126. The maximum Gasteiger partial charge on any atom is 0.246 e. The zero-order valence-electron chi connectivity index (χ0n) is 17.2. The molecule has 160 valence electrons. The number of aromatic nitrogens is 5. The van der Waals surface area contributed by atoms with Crippen molar-refractivity contribution in [1.82, 2.24) is 29.9 Å². The number of fused-ring (bicyclic) bond motifs is 1. The first-order valence-corrected chi connectivity index (χ1v) is 10.7. The maximum atomic E-state index is 12.6. The quantitative estimate of drug-likeness (QED) is 0.449. The number of hydrogen-bond donors (Lipinski definition) is 0. The third-order valence-corrected chi connectivity index (χ3v) is 5.65. The minimum atomic E-state index is 0.00928. The molecule has 1 aliphatic rings. The van der Waals surface area contributed by atoms with Crippen LogP contribution in [0.2, 0.25) is 5.02 Å². The van der Waals surface area contributed by atoms with Gasteiger partial charge in [-0.25, -0.2) is 9.97 Å². The Bertz CT molecular complexity index is 1260. The fraction of sp³-hybridized carbons (Fsp3) is 0.174. The number of benzene rings is 2. The summed E-state index contributed by atoms with van der Waals surface area (Å²) in [5.41, 5.74) is 3.08. The van der Waals surface area contributed by atoms with Gasteiger partial charge in [-0.3, -0.25) is 4.79 Å². The highest BCUT2D eigenvalue weighted by Gasteiger charge is 2.24. The molecule has 0 aliphatic carbocycles. The van der Waals surface area contributed by atoms with Crippen molar-refractivity contribution in [3.05, 3.63) is 77.6 Å². The first kappa shape index (κ1) is 20.1. The van der Waals surface area contributed by atoms with Crippen molar-refractivity contribution in [2.45, 2.75) is 0 Å². The van der Waals surface area contributed by atoms with E-state index in [-0.39, 0.29) is 5.91 Å². The average molecular weight is 446 g/mol. The normalized spacial score (nSPS) is 14.4. The van der Waals surface area contributed by atoms with Crippen LogP contribution < -0.4 is 4.90 Å². The number of anilines is 1. The zero-order valence-corrected chi connectivity index (χ0v) is 17.9. The molecule has 0 radical (unpaired) electrons. The number of carbonyl (C=O) groups is 1. The SMILES string of the molecule is O=C(/C=C\c1ccccc1)N1CCN(c2ncnc3c2nnn3-c2ccc(Cl)cc2)CC1. The fourth-order valence-electron chi connectivity index (χ4n) is 3.70. The van der Waals surface area contributed by atoms with Crippen molar-refractivity contribution < 1.29 is 4.79 Å². The van der Waals surface area contributed by atoms with Crippen LogP contribution in [0, 0.1) is 0 Å². The first-order chi connectivity index (χ1) is 15.7. The van der Waals surface area contributed by atoms with Gasteiger partial charge in [0.05, 0.1) is 5.69 Å². The van der Waals surface area contributed by atoms with Crippen LogP contribution >= 0.6 is 11.6 Å². The van der Waals surface area contributed by atoms with E-state index < -0.39 is 0 Å². The summed E-state index contributed by atoms with van der Waals surface area (Å²) in [6.45, 7) is 2.53. The van der Waals surface area contributed by atoms with E-state index in [1.807, 2.05) is 53.4 Å². The molecule has 1 aliphatic heterocycles. The molecule has 1 amide bonds. The number of nitrogens with zero attached hydrogens (tertiary/aromatic N) is 7. The lowest BCUT2D eigenvalue weighted by atomic mass is 10.2. The van der Waals surface area contributed by atoms with Crippen LogP contribution in [0.4, 0.5) is 5.82 Å². The van der Waals surface area contributed by atoms with Gasteiger partial charge in [0.25, 0.3) is 0 Å². The molecule has 0 bridgehead atoms. The highest BCUT2D eigenvalue weighted by molar-refractivity contribution is 6.30. The van der Waals surface area contributed by atoms with Gasteiger partial charge in [-0.15, -0.1) is 5.10 Å². The van der Waals surface area contributed by atoms with Gasteiger partial charge in [-0.2, -0.15) is 4.68 Å². The highest BCUT2D eigenvalue weighted by atomic mass is 35.5. The molecule has 3 heterocycles. The number of halogens is 1. The van der Waals surface area contributed by atoms with E-state index in [1.165, 1.54) is 6.33 Å². The van der Waals surface area contributed by atoms with Gasteiger partial charge in [0.15, 0.2) is 17.0 Å². The van der Waals surface area contributed by atoms with Crippen LogP contribution in [0.5, 0.6) is 0 Å². The molecule has 8 nitrogen and oxygen atoms in total. The second-order valence-electron chi connectivity index (χ2n) is 7.40. The monoisotopic (exact) mass is 445 g/mol.